The van der Waals surface area contributed by atoms with Crippen molar-refractivity contribution in [1.82, 2.24) is 4.90 Å². The van der Waals surface area contributed by atoms with Crippen LogP contribution in [0.2, 0.25) is 0 Å². The number of fused-ring (bicyclic) bond motifs is 4. The van der Waals surface area contributed by atoms with Gasteiger partial charge in [0.15, 0.2) is 0 Å². The molecule has 4 atom stereocenters. The van der Waals surface area contributed by atoms with Crippen molar-refractivity contribution in [2.45, 2.75) is 63.5 Å². The average Bonchev–Trinajstić information content (AvgIpc) is 2.42. The maximum Gasteiger partial charge on any atom is 0.0625 e. The van der Waals surface area contributed by atoms with E-state index in [1.54, 1.807) is 0 Å². The largest absolute Gasteiger partial charge is 0.378 e. The lowest BCUT2D eigenvalue weighted by molar-refractivity contribution is -0.107. The second-order valence-electron chi connectivity index (χ2n) is 6.43. The first-order chi connectivity index (χ1) is 8.36. The molecule has 0 spiro atoms. The molecule has 2 nitrogen and oxygen atoms in total. The van der Waals surface area contributed by atoms with E-state index in [0.29, 0.717) is 0 Å². The molecule has 2 saturated heterocycles. The number of ether oxygens (including phenoxy) is 1. The Morgan fingerprint density at radius 3 is 2.59 bits per heavy atom. The summed E-state index contributed by atoms with van der Waals surface area (Å²) in [7, 11) is 2.33. The average molecular weight is 237 g/mol. The van der Waals surface area contributed by atoms with Crippen molar-refractivity contribution in [3.8, 4) is 0 Å². The Morgan fingerprint density at radius 1 is 0.941 bits per heavy atom. The summed E-state index contributed by atoms with van der Waals surface area (Å²) in [6, 6.07) is 1.45. The number of morpholine rings is 1. The smallest absolute Gasteiger partial charge is 0.0625 e. The van der Waals surface area contributed by atoms with E-state index < -0.39 is 0 Å². The summed E-state index contributed by atoms with van der Waals surface area (Å²) in [5.74, 6) is 1.93. The minimum Gasteiger partial charge on any atom is -0.378 e. The molecule has 0 amide bonds. The highest BCUT2D eigenvalue weighted by atomic mass is 16.5. The zero-order valence-electron chi connectivity index (χ0n) is 11.2. The third kappa shape index (κ3) is 2.39. The van der Waals surface area contributed by atoms with Crippen LogP contribution in [0.1, 0.15) is 51.4 Å². The molecular weight excluding hydrogens is 210 g/mol. The van der Waals surface area contributed by atoms with Gasteiger partial charge in [-0.05, 0) is 31.7 Å². The van der Waals surface area contributed by atoms with Crippen LogP contribution in [-0.4, -0.2) is 37.2 Å². The standard InChI is InChI=1S/C15H27NO/c1-16-13-9-12-7-5-3-2-4-6-8-14(12)15(16)11-17-10-13/h12-15H,2-11H2,1H3. The Balaban J connectivity index is 1.75. The molecule has 2 heterocycles. The summed E-state index contributed by atoms with van der Waals surface area (Å²) in [5.41, 5.74) is 0. The third-order valence-electron chi connectivity index (χ3n) is 5.48. The molecule has 0 aromatic rings. The SMILES string of the molecule is CN1C2COCC1C1CCCCCCCC1C2. The van der Waals surface area contributed by atoms with Crippen LogP contribution in [0.5, 0.6) is 0 Å². The molecule has 1 saturated carbocycles. The normalized spacial score (nSPS) is 44.3. The van der Waals surface area contributed by atoms with E-state index in [9.17, 15) is 0 Å². The van der Waals surface area contributed by atoms with Gasteiger partial charge in [0, 0.05) is 12.1 Å². The minimum absolute atomic E-state index is 0.718. The molecule has 0 radical (unpaired) electrons. The Morgan fingerprint density at radius 2 is 1.71 bits per heavy atom. The van der Waals surface area contributed by atoms with Crippen molar-refractivity contribution in [3.63, 3.8) is 0 Å². The van der Waals surface area contributed by atoms with Crippen molar-refractivity contribution >= 4 is 0 Å². The predicted molar refractivity (Wildman–Crippen MR) is 70.1 cm³/mol. The van der Waals surface area contributed by atoms with Crippen LogP contribution in [0.3, 0.4) is 0 Å². The summed E-state index contributed by atoms with van der Waals surface area (Å²) in [5, 5.41) is 0. The zero-order valence-corrected chi connectivity index (χ0v) is 11.2. The highest BCUT2D eigenvalue weighted by Gasteiger charge is 2.43. The molecule has 1 aliphatic carbocycles. The summed E-state index contributed by atoms with van der Waals surface area (Å²) in [4.78, 5) is 2.64. The minimum atomic E-state index is 0.718. The Bertz CT molecular complexity index is 255. The fourth-order valence-electron chi connectivity index (χ4n) is 4.41. The van der Waals surface area contributed by atoms with Gasteiger partial charge < -0.3 is 4.74 Å². The molecule has 98 valence electrons. The van der Waals surface area contributed by atoms with Crippen LogP contribution in [0.4, 0.5) is 0 Å². The van der Waals surface area contributed by atoms with Crippen LogP contribution in [0, 0.1) is 11.8 Å². The summed E-state index contributed by atoms with van der Waals surface area (Å²) < 4.78 is 5.82. The molecule has 3 aliphatic rings. The molecule has 2 heteroatoms. The molecular formula is C15H27NO. The van der Waals surface area contributed by atoms with Gasteiger partial charge in [-0.1, -0.05) is 38.5 Å². The summed E-state index contributed by atoms with van der Waals surface area (Å²) >= 11 is 0. The maximum absolute atomic E-state index is 5.82. The lowest BCUT2D eigenvalue weighted by Crippen LogP contribution is -2.59. The summed E-state index contributed by atoms with van der Waals surface area (Å²) in [6.07, 6.45) is 11.7. The van der Waals surface area contributed by atoms with Crippen LogP contribution < -0.4 is 0 Å². The molecule has 0 N–H and O–H groups in total. The highest BCUT2D eigenvalue weighted by Crippen LogP contribution is 2.41. The van der Waals surface area contributed by atoms with Crippen molar-refractivity contribution in [3.05, 3.63) is 0 Å². The Hall–Kier alpha value is -0.0800. The number of likely N-dealkylation sites (N-methyl/N-ethyl adjacent to an activating group) is 1. The Kier molecular flexibility index (Phi) is 3.72. The lowest BCUT2D eigenvalue weighted by atomic mass is 9.72. The van der Waals surface area contributed by atoms with E-state index >= 15 is 0 Å². The van der Waals surface area contributed by atoms with Gasteiger partial charge in [0.1, 0.15) is 0 Å². The second-order valence-corrected chi connectivity index (χ2v) is 6.43. The first kappa shape index (κ1) is 12.0. The van der Waals surface area contributed by atoms with Gasteiger partial charge in [-0.2, -0.15) is 0 Å². The molecule has 2 aliphatic heterocycles. The number of piperidine rings is 1. The summed E-state index contributed by atoms with van der Waals surface area (Å²) in [6.45, 7) is 1.98. The fraction of sp³-hybridized carbons (Fsp3) is 1.00. The fourth-order valence-corrected chi connectivity index (χ4v) is 4.41. The molecule has 0 aromatic heterocycles. The van der Waals surface area contributed by atoms with Crippen LogP contribution in [0.15, 0.2) is 0 Å². The van der Waals surface area contributed by atoms with E-state index in [1.165, 1.54) is 51.4 Å². The quantitative estimate of drug-likeness (QED) is 0.642. The van der Waals surface area contributed by atoms with Crippen LogP contribution >= 0.6 is 0 Å². The second kappa shape index (κ2) is 5.27. The predicted octanol–water partition coefficient (Wildman–Crippen LogP) is 3.07. The topological polar surface area (TPSA) is 12.5 Å². The van der Waals surface area contributed by atoms with E-state index in [0.717, 1.165) is 37.1 Å². The van der Waals surface area contributed by atoms with Crippen molar-refractivity contribution in [1.29, 1.82) is 0 Å². The molecule has 3 fully saturated rings. The van der Waals surface area contributed by atoms with Gasteiger partial charge in [-0.15, -0.1) is 0 Å². The third-order valence-corrected chi connectivity index (χ3v) is 5.48. The molecule has 3 rings (SSSR count). The van der Waals surface area contributed by atoms with Crippen LogP contribution in [-0.2, 0) is 4.74 Å². The van der Waals surface area contributed by atoms with Gasteiger partial charge in [0.25, 0.3) is 0 Å². The van der Waals surface area contributed by atoms with Crippen molar-refractivity contribution in [2.24, 2.45) is 11.8 Å². The van der Waals surface area contributed by atoms with Gasteiger partial charge in [-0.3, -0.25) is 4.90 Å². The van der Waals surface area contributed by atoms with Gasteiger partial charge >= 0.3 is 0 Å². The van der Waals surface area contributed by atoms with Crippen molar-refractivity contribution < 1.29 is 4.74 Å². The van der Waals surface area contributed by atoms with Gasteiger partial charge in [0.2, 0.25) is 0 Å². The van der Waals surface area contributed by atoms with Crippen LogP contribution in [0.25, 0.3) is 0 Å². The first-order valence-electron chi connectivity index (χ1n) is 7.66. The van der Waals surface area contributed by atoms with E-state index in [-0.39, 0.29) is 0 Å². The lowest BCUT2D eigenvalue weighted by Gasteiger charge is -2.51. The monoisotopic (exact) mass is 237 g/mol. The highest BCUT2D eigenvalue weighted by molar-refractivity contribution is 4.95. The number of hydrogen-bond donors (Lipinski definition) is 0. The first-order valence-corrected chi connectivity index (χ1v) is 7.66. The van der Waals surface area contributed by atoms with E-state index in [1.807, 2.05) is 0 Å². The zero-order chi connectivity index (χ0) is 11.7. The number of hydrogen-bond acceptors (Lipinski definition) is 2. The molecule has 0 aromatic carbocycles. The molecule has 4 unspecified atom stereocenters. The van der Waals surface area contributed by atoms with E-state index in [4.69, 9.17) is 4.74 Å². The molecule has 2 bridgehead atoms. The number of nitrogens with zero attached hydrogens (tertiary/aromatic N) is 1. The van der Waals surface area contributed by atoms with Gasteiger partial charge in [0.05, 0.1) is 13.2 Å². The molecule has 17 heavy (non-hydrogen) atoms. The van der Waals surface area contributed by atoms with Gasteiger partial charge in [-0.25, -0.2) is 0 Å². The maximum atomic E-state index is 5.82. The van der Waals surface area contributed by atoms with E-state index in [2.05, 4.69) is 11.9 Å². The number of rotatable bonds is 0. The van der Waals surface area contributed by atoms with Crippen molar-refractivity contribution in [2.75, 3.05) is 20.3 Å². The Labute approximate surface area is 106 Å².